The van der Waals surface area contributed by atoms with Crippen LogP contribution in [0.3, 0.4) is 0 Å². The number of hydrogen-bond acceptors (Lipinski definition) is 2. The molecule has 0 N–H and O–H groups in total. The minimum absolute atomic E-state index is 0.213. The topological polar surface area (TPSA) is 26.0 Å². The van der Waals surface area contributed by atoms with Crippen molar-refractivity contribution in [2.24, 2.45) is 0 Å². The van der Waals surface area contributed by atoms with Crippen molar-refractivity contribution in [2.75, 3.05) is 0 Å². The Balaban J connectivity index is 2.49. The Labute approximate surface area is 75.8 Å². The number of aromatic nitrogens is 1. The zero-order valence-corrected chi connectivity index (χ0v) is 7.12. The van der Waals surface area contributed by atoms with E-state index in [1.807, 2.05) is 0 Å². The van der Waals surface area contributed by atoms with Crippen molar-refractivity contribution >= 4 is 13.3 Å². The first-order valence-electron chi connectivity index (χ1n) is 3.93. The van der Waals surface area contributed by atoms with Crippen LogP contribution in [0.25, 0.3) is 11.5 Å². The maximum atomic E-state index is 12.9. The van der Waals surface area contributed by atoms with Gasteiger partial charge in [0, 0.05) is 5.56 Å². The number of rotatable bonds is 1. The van der Waals surface area contributed by atoms with Gasteiger partial charge < -0.3 is 4.42 Å². The van der Waals surface area contributed by atoms with E-state index in [0.29, 0.717) is 11.4 Å². The van der Waals surface area contributed by atoms with Gasteiger partial charge in [-0.3, -0.25) is 0 Å². The third-order valence-corrected chi connectivity index (χ3v) is 1.84. The summed E-state index contributed by atoms with van der Waals surface area (Å²) >= 11 is 0. The van der Waals surface area contributed by atoms with Crippen molar-refractivity contribution in [2.45, 2.75) is 0 Å². The molecule has 0 bridgehead atoms. The fraction of sp³-hybridized carbons (Fsp3) is 0. The van der Waals surface area contributed by atoms with E-state index < -0.39 is 0 Å². The second kappa shape index (κ2) is 3.05. The van der Waals surface area contributed by atoms with Crippen LogP contribution in [0.5, 0.6) is 0 Å². The van der Waals surface area contributed by atoms with E-state index in [2.05, 4.69) is 4.98 Å². The van der Waals surface area contributed by atoms with Gasteiger partial charge in [0.15, 0.2) is 0 Å². The van der Waals surface area contributed by atoms with Gasteiger partial charge in [-0.25, -0.2) is 9.37 Å². The Morgan fingerprint density at radius 3 is 2.85 bits per heavy atom. The minimum Gasteiger partial charge on any atom is -0.445 e. The number of oxazole rings is 1. The predicted molar refractivity (Wildman–Crippen MR) is 50.1 cm³/mol. The molecule has 0 aliphatic heterocycles. The van der Waals surface area contributed by atoms with E-state index in [1.54, 1.807) is 26.2 Å². The molecule has 0 amide bonds. The first-order valence-corrected chi connectivity index (χ1v) is 3.93. The molecule has 0 atom stereocenters. The van der Waals surface area contributed by atoms with Crippen LogP contribution in [0.15, 0.2) is 35.1 Å². The summed E-state index contributed by atoms with van der Waals surface area (Å²) < 4.78 is 18.0. The van der Waals surface area contributed by atoms with Crippen molar-refractivity contribution in [1.82, 2.24) is 4.98 Å². The molecule has 0 unspecified atom stereocenters. The third kappa shape index (κ3) is 1.47. The van der Waals surface area contributed by atoms with Crippen LogP contribution in [0.1, 0.15) is 0 Å². The van der Waals surface area contributed by atoms with Gasteiger partial charge in [0.1, 0.15) is 19.9 Å². The first kappa shape index (κ1) is 8.04. The van der Waals surface area contributed by atoms with Gasteiger partial charge in [-0.2, -0.15) is 0 Å². The lowest BCUT2D eigenvalue weighted by atomic mass is 9.94. The van der Waals surface area contributed by atoms with Gasteiger partial charge >= 0.3 is 0 Å². The molecular weight excluding hydrogens is 168 g/mol. The van der Waals surface area contributed by atoms with E-state index >= 15 is 0 Å². The second-order valence-electron chi connectivity index (χ2n) is 2.80. The van der Waals surface area contributed by atoms with E-state index in [9.17, 15) is 4.39 Å². The molecule has 0 radical (unpaired) electrons. The van der Waals surface area contributed by atoms with Crippen LogP contribution in [-0.2, 0) is 0 Å². The summed E-state index contributed by atoms with van der Waals surface area (Å²) in [6, 6.07) is 4.77. The van der Waals surface area contributed by atoms with Gasteiger partial charge in [0.2, 0.25) is 5.89 Å². The fourth-order valence-corrected chi connectivity index (χ4v) is 1.14. The maximum absolute atomic E-state index is 12.9. The lowest BCUT2D eigenvalue weighted by Crippen LogP contribution is -2.07. The molecule has 13 heavy (non-hydrogen) atoms. The highest BCUT2D eigenvalue weighted by Gasteiger charge is 2.04. The Morgan fingerprint density at radius 2 is 2.23 bits per heavy atom. The summed E-state index contributed by atoms with van der Waals surface area (Å²) in [5.41, 5.74) is 1.39. The number of halogens is 1. The Morgan fingerprint density at radius 1 is 1.38 bits per heavy atom. The largest absolute Gasteiger partial charge is 0.445 e. The average Bonchev–Trinajstić information content (AvgIpc) is 2.62. The van der Waals surface area contributed by atoms with Crippen LogP contribution in [0, 0.1) is 5.82 Å². The molecular formula is C9H7BFNO. The fourth-order valence-electron chi connectivity index (χ4n) is 1.14. The molecule has 0 spiro atoms. The highest BCUT2D eigenvalue weighted by atomic mass is 19.1. The lowest BCUT2D eigenvalue weighted by Gasteiger charge is -1.98. The molecule has 4 heteroatoms. The molecule has 0 fully saturated rings. The number of hydrogen-bond donors (Lipinski definition) is 0. The standard InChI is InChI=1S/C9H7BFNO/c10-7-5-6(1-2-8(7)11)9-12-3-4-13-9/h1-5H,10H2. The second-order valence-corrected chi connectivity index (χ2v) is 2.80. The molecule has 0 saturated heterocycles. The molecule has 1 heterocycles. The highest BCUT2D eigenvalue weighted by molar-refractivity contribution is 6.32. The van der Waals surface area contributed by atoms with Crippen molar-refractivity contribution in [3.05, 3.63) is 36.5 Å². The first-order chi connectivity index (χ1) is 6.27. The summed E-state index contributed by atoms with van der Waals surface area (Å²) in [5.74, 6) is 0.304. The van der Waals surface area contributed by atoms with Crippen LogP contribution < -0.4 is 5.46 Å². The molecule has 2 rings (SSSR count). The summed E-state index contributed by atoms with van der Waals surface area (Å²) in [4.78, 5) is 3.97. The van der Waals surface area contributed by atoms with Crippen molar-refractivity contribution in [3.63, 3.8) is 0 Å². The highest BCUT2D eigenvalue weighted by Crippen LogP contribution is 2.15. The summed E-state index contributed by atoms with van der Waals surface area (Å²) in [5, 5.41) is 0. The smallest absolute Gasteiger partial charge is 0.225 e. The molecule has 64 valence electrons. The Bertz CT molecular complexity index is 414. The van der Waals surface area contributed by atoms with Crippen molar-refractivity contribution in [3.8, 4) is 11.5 Å². The summed E-state index contributed by atoms with van der Waals surface area (Å²) in [6.07, 6.45) is 3.06. The van der Waals surface area contributed by atoms with E-state index in [1.165, 1.54) is 12.3 Å². The van der Waals surface area contributed by atoms with Gasteiger partial charge in [-0.15, -0.1) is 0 Å². The van der Waals surface area contributed by atoms with Crippen LogP contribution in [0.4, 0.5) is 4.39 Å². The number of benzene rings is 1. The van der Waals surface area contributed by atoms with Gasteiger partial charge in [-0.05, 0) is 12.1 Å². The monoisotopic (exact) mass is 175 g/mol. The summed E-state index contributed by atoms with van der Waals surface area (Å²) in [6.45, 7) is 0. The molecule has 0 saturated carbocycles. The summed E-state index contributed by atoms with van der Waals surface area (Å²) in [7, 11) is 1.71. The maximum Gasteiger partial charge on any atom is 0.225 e. The Hall–Kier alpha value is -1.58. The molecule has 2 nitrogen and oxygen atoms in total. The lowest BCUT2D eigenvalue weighted by molar-refractivity contribution is 0.574. The number of nitrogens with zero attached hydrogens (tertiary/aromatic N) is 1. The molecule has 0 aliphatic carbocycles. The molecule has 1 aromatic carbocycles. The van der Waals surface area contributed by atoms with Gasteiger partial charge in [0.05, 0.1) is 6.20 Å². The average molecular weight is 175 g/mol. The normalized spacial score (nSPS) is 10.2. The minimum atomic E-state index is -0.213. The molecule has 0 aliphatic rings. The van der Waals surface area contributed by atoms with E-state index in [4.69, 9.17) is 4.42 Å². The molecule has 1 aromatic heterocycles. The third-order valence-electron chi connectivity index (χ3n) is 1.84. The van der Waals surface area contributed by atoms with Crippen molar-refractivity contribution < 1.29 is 8.81 Å². The van der Waals surface area contributed by atoms with Crippen LogP contribution >= 0.6 is 0 Å². The Kier molecular flexibility index (Phi) is 1.89. The quantitative estimate of drug-likeness (QED) is 0.597. The van der Waals surface area contributed by atoms with Gasteiger partial charge in [-0.1, -0.05) is 11.5 Å². The van der Waals surface area contributed by atoms with Crippen molar-refractivity contribution in [1.29, 1.82) is 0 Å². The zero-order valence-electron chi connectivity index (χ0n) is 7.12. The zero-order chi connectivity index (χ0) is 9.26. The van der Waals surface area contributed by atoms with Crippen LogP contribution in [-0.4, -0.2) is 12.8 Å². The van der Waals surface area contributed by atoms with Gasteiger partial charge in [0.25, 0.3) is 0 Å². The van der Waals surface area contributed by atoms with Crippen LogP contribution in [0.2, 0.25) is 0 Å². The predicted octanol–water partition coefficient (Wildman–Crippen LogP) is 0.739. The van der Waals surface area contributed by atoms with E-state index in [0.717, 1.165) is 5.56 Å². The van der Waals surface area contributed by atoms with E-state index in [-0.39, 0.29) is 5.82 Å². The molecule has 2 aromatic rings. The SMILES string of the molecule is Bc1cc(-c2ncco2)ccc1F.